The highest BCUT2D eigenvalue weighted by Gasteiger charge is 2.35. The maximum atomic E-state index is 12.6. The first-order valence-corrected chi connectivity index (χ1v) is 10.6. The summed E-state index contributed by atoms with van der Waals surface area (Å²) in [6.07, 6.45) is 4.75. The van der Waals surface area contributed by atoms with Gasteiger partial charge in [-0.1, -0.05) is 12.1 Å². The van der Waals surface area contributed by atoms with Crippen LogP contribution in [-0.4, -0.2) is 60.4 Å². The predicted octanol–water partition coefficient (Wildman–Crippen LogP) is 2.75. The second kappa shape index (κ2) is 8.52. The molecule has 0 aliphatic carbocycles. The predicted molar refractivity (Wildman–Crippen MR) is 108 cm³/mol. The number of piperidine rings is 2. The van der Waals surface area contributed by atoms with Crippen molar-refractivity contribution in [2.75, 3.05) is 38.1 Å². The minimum Gasteiger partial charge on any atom is -0.491 e. The van der Waals surface area contributed by atoms with Gasteiger partial charge in [-0.05, 0) is 56.2 Å². The summed E-state index contributed by atoms with van der Waals surface area (Å²) in [5.74, 6) is 1.95. The van der Waals surface area contributed by atoms with Crippen LogP contribution in [0.3, 0.4) is 0 Å². The Bertz CT molecular complexity index is 715. The molecule has 152 valence electrons. The molecule has 1 aromatic carbocycles. The van der Waals surface area contributed by atoms with E-state index in [1.165, 1.54) is 0 Å². The van der Waals surface area contributed by atoms with Crippen molar-refractivity contribution >= 4 is 17.5 Å². The second-order valence-electron chi connectivity index (χ2n) is 8.43. The third kappa shape index (κ3) is 4.32. The highest BCUT2D eigenvalue weighted by atomic mass is 16.5. The summed E-state index contributed by atoms with van der Waals surface area (Å²) in [4.78, 5) is 28.7. The molecular weight excluding hydrogens is 354 g/mol. The number of nitrogens with one attached hydrogen (secondary N) is 1. The third-order valence-corrected chi connectivity index (χ3v) is 6.70. The van der Waals surface area contributed by atoms with Gasteiger partial charge in [-0.3, -0.25) is 14.5 Å². The van der Waals surface area contributed by atoms with Crippen molar-refractivity contribution in [2.45, 2.75) is 45.1 Å². The first-order chi connectivity index (χ1) is 13.6. The Balaban J connectivity index is 1.39. The summed E-state index contributed by atoms with van der Waals surface area (Å²) in [6.45, 7) is 6.17. The lowest BCUT2D eigenvalue weighted by molar-refractivity contribution is -0.130. The molecule has 0 saturated carbocycles. The summed E-state index contributed by atoms with van der Waals surface area (Å²) in [6, 6.07) is 8.25. The largest absolute Gasteiger partial charge is 0.491 e. The number of carbonyl (C=O) groups is 2. The van der Waals surface area contributed by atoms with Crippen LogP contribution < -0.4 is 10.1 Å². The van der Waals surface area contributed by atoms with E-state index >= 15 is 0 Å². The summed E-state index contributed by atoms with van der Waals surface area (Å²) in [5.41, 5.74) is 0.778. The lowest BCUT2D eigenvalue weighted by atomic mass is 9.80. The van der Waals surface area contributed by atoms with Crippen LogP contribution in [0.1, 0.15) is 39.0 Å². The third-order valence-electron chi connectivity index (χ3n) is 6.70. The van der Waals surface area contributed by atoms with Gasteiger partial charge in [0.15, 0.2) is 0 Å². The molecule has 2 amide bonds. The molecule has 0 radical (unpaired) electrons. The topological polar surface area (TPSA) is 61.9 Å². The molecule has 2 fully saturated rings. The number of fused-ring (bicyclic) bond motifs is 2. The van der Waals surface area contributed by atoms with E-state index < -0.39 is 0 Å². The van der Waals surface area contributed by atoms with Gasteiger partial charge < -0.3 is 15.0 Å². The zero-order valence-electron chi connectivity index (χ0n) is 16.7. The van der Waals surface area contributed by atoms with Crippen LogP contribution in [0.4, 0.5) is 5.69 Å². The number of ether oxygens (including phenoxy) is 1. The quantitative estimate of drug-likeness (QED) is 0.808. The van der Waals surface area contributed by atoms with E-state index in [9.17, 15) is 9.59 Å². The number of likely N-dealkylation sites (tertiary alicyclic amines) is 2. The Labute approximate surface area is 167 Å². The van der Waals surface area contributed by atoms with Gasteiger partial charge in [0.25, 0.3) is 0 Å². The van der Waals surface area contributed by atoms with Crippen LogP contribution in [-0.2, 0) is 9.59 Å². The first kappa shape index (κ1) is 19.2. The standard InChI is InChI=1S/C22H31N3O3/c1-16(26)24-11-7-19(8-12-24)25-10-6-17-14-22(27)23-20-4-2-3-5-21(20)28-13-9-18(17)15-25/h2-5,17-19H,6-15H2,1H3,(H,23,27)/t17-,18-/m0/s1. The first-order valence-electron chi connectivity index (χ1n) is 10.6. The zero-order chi connectivity index (χ0) is 19.5. The molecule has 3 aliphatic heterocycles. The van der Waals surface area contributed by atoms with Crippen LogP contribution in [0.2, 0.25) is 0 Å². The number of para-hydroxylation sites is 2. The number of rotatable bonds is 1. The highest BCUT2D eigenvalue weighted by molar-refractivity contribution is 5.92. The van der Waals surface area contributed by atoms with Crippen molar-refractivity contribution in [3.05, 3.63) is 24.3 Å². The lowest BCUT2D eigenvalue weighted by Crippen LogP contribution is -2.51. The molecule has 4 rings (SSSR count). The van der Waals surface area contributed by atoms with Crippen molar-refractivity contribution in [1.82, 2.24) is 9.80 Å². The molecule has 6 heteroatoms. The van der Waals surface area contributed by atoms with Gasteiger partial charge in [-0.25, -0.2) is 0 Å². The van der Waals surface area contributed by atoms with Crippen LogP contribution in [0.5, 0.6) is 5.75 Å². The molecule has 3 aliphatic rings. The molecule has 2 saturated heterocycles. The van der Waals surface area contributed by atoms with Crippen LogP contribution >= 0.6 is 0 Å². The van der Waals surface area contributed by atoms with Crippen LogP contribution in [0.25, 0.3) is 0 Å². The molecule has 0 unspecified atom stereocenters. The van der Waals surface area contributed by atoms with Gasteiger partial charge >= 0.3 is 0 Å². The summed E-state index contributed by atoms with van der Waals surface area (Å²) >= 11 is 0. The van der Waals surface area contributed by atoms with E-state index in [2.05, 4.69) is 10.2 Å². The minimum absolute atomic E-state index is 0.0937. The smallest absolute Gasteiger partial charge is 0.224 e. The fourth-order valence-electron chi connectivity index (χ4n) is 5.04. The Hall–Kier alpha value is -2.08. The fraction of sp³-hybridized carbons (Fsp3) is 0.636. The normalized spacial score (nSPS) is 27.2. The zero-order valence-corrected chi connectivity index (χ0v) is 16.7. The molecule has 2 atom stereocenters. The van der Waals surface area contributed by atoms with Crippen molar-refractivity contribution in [3.8, 4) is 5.75 Å². The monoisotopic (exact) mass is 385 g/mol. The van der Waals surface area contributed by atoms with Gasteiger partial charge in [-0.2, -0.15) is 0 Å². The number of benzene rings is 1. The number of amides is 2. The summed E-state index contributed by atoms with van der Waals surface area (Å²) in [7, 11) is 0. The molecule has 0 bridgehead atoms. The van der Waals surface area contributed by atoms with Crippen LogP contribution in [0.15, 0.2) is 24.3 Å². The number of anilines is 1. The average Bonchev–Trinajstić information content (AvgIpc) is 2.70. The molecular formula is C22H31N3O3. The number of carbonyl (C=O) groups excluding carboxylic acids is 2. The molecule has 28 heavy (non-hydrogen) atoms. The highest BCUT2D eigenvalue weighted by Crippen LogP contribution is 2.34. The van der Waals surface area contributed by atoms with E-state index in [0.717, 1.165) is 63.3 Å². The molecule has 3 heterocycles. The minimum atomic E-state index is 0.0937. The number of nitrogens with zero attached hydrogens (tertiary/aromatic N) is 2. The van der Waals surface area contributed by atoms with Crippen molar-refractivity contribution in [3.63, 3.8) is 0 Å². The molecule has 0 spiro atoms. The molecule has 0 aromatic heterocycles. The van der Waals surface area contributed by atoms with E-state index in [0.29, 0.717) is 30.9 Å². The Morgan fingerprint density at radius 3 is 2.64 bits per heavy atom. The van der Waals surface area contributed by atoms with Gasteiger partial charge in [-0.15, -0.1) is 0 Å². The molecule has 6 nitrogen and oxygen atoms in total. The number of hydrogen-bond acceptors (Lipinski definition) is 4. The average molecular weight is 386 g/mol. The fourth-order valence-corrected chi connectivity index (χ4v) is 5.04. The van der Waals surface area contributed by atoms with Gasteiger partial charge in [0.1, 0.15) is 5.75 Å². The second-order valence-corrected chi connectivity index (χ2v) is 8.43. The van der Waals surface area contributed by atoms with E-state index in [1.807, 2.05) is 29.2 Å². The lowest BCUT2D eigenvalue weighted by Gasteiger charge is -2.45. The van der Waals surface area contributed by atoms with Crippen molar-refractivity contribution < 1.29 is 14.3 Å². The van der Waals surface area contributed by atoms with Crippen molar-refractivity contribution in [2.24, 2.45) is 11.8 Å². The Morgan fingerprint density at radius 1 is 1.07 bits per heavy atom. The maximum absolute atomic E-state index is 12.6. The van der Waals surface area contributed by atoms with Crippen molar-refractivity contribution in [1.29, 1.82) is 0 Å². The number of hydrogen-bond donors (Lipinski definition) is 1. The van der Waals surface area contributed by atoms with Gasteiger partial charge in [0, 0.05) is 39.0 Å². The summed E-state index contributed by atoms with van der Waals surface area (Å²) in [5, 5.41) is 3.04. The van der Waals surface area contributed by atoms with E-state index in [1.54, 1.807) is 6.92 Å². The SMILES string of the molecule is CC(=O)N1CCC(N2CC[C@H]3CC(=O)Nc4ccccc4OCC[C@H]3C2)CC1. The van der Waals surface area contributed by atoms with Crippen LogP contribution in [0, 0.1) is 11.8 Å². The Kier molecular flexibility index (Phi) is 5.85. The van der Waals surface area contributed by atoms with Gasteiger partial charge in [0.2, 0.25) is 11.8 Å². The summed E-state index contributed by atoms with van der Waals surface area (Å²) < 4.78 is 6.01. The van der Waals surface area contributed by atoms with E-state index in [4.69, 9.17) is 4.74 Å². The van der Waals surface area contributed by atoms with E-state index in [-0.39, 0.29) is 11.8 Å². The van der Waals surface area contributed by atoms with Gasteiger partial charge in [0.05, 0.1) is 12.3 Å². The maximum Gasteiger partial charge on any atom is 0.224 e. The molecule has 1 N–H and O–H groups in total. The Morgan fingerprint density at radius 2 is 1.86 bits per heavy atom. The molecule has 1 aromatic rings.